The van der Waals surface area contributed by atoms with Crippen LogP contribution in [0.15, 0.2) is 30.6 Å². The van der Waals surface area contributed by atoms with Crippen LogP contribution in [0.4, 0.5) is 0 Å². The molecule has 1 unspecified atom stereocenters. The summed E-state index contributed by atoms with van der Waals surface area (Å²) in [6.45, 7) is 10.5. The molecular weight excluding hydrogens is 246 g/mol. The number of nitrogens with zero attached hydrogens (tertiary/aromatic N) is 2. The first-order chi connectivity index (χ1) is 9.63. The maximum atomic E-state index is 4.39. The first-order valence-electron chi connectivity index (χ1n) is 7.45. The summed E-state index contributed by atoms with van der Waals surface area (Å²) >= 11 is 0. The van der Waals surface area contributed by atoms with Gasteiger partial charge in [0.1, 0.15) is 0 Å². The molecule has 108 valence electrons. The minimum Gasteiger partial charge on any atom is -0.310 e. The number of hydrogen-bond donors (Lipinski definition) is 1. The molecule has 2 rings (SSSR count). The summed E-state index contributed by atoms with van der Waals surface area (Å²) in [5, 5.41) is 7.95. The van der Waals surface area contributed by atoms with Crippen molar-refractivity contribution in [1.82, 2.24) is 15.1 Å². The van der Waals surface area contributed by atoms with Crippen molar-refractivity contribution in [3.8, 4) is 0 Å². The number of nitrogens with one attached hydrogen (secondary N) is 1. The highest BCUT2D eigenvalue weighted by Gasteiger charge is 2.13. The number of aromatic nitrogens is 2. The fourth-order valence-electron chi connectivity index (χ4n) is 2.45. The molecule has 0 amide bonds. The van der Waals surface area contributed by atoms with Crippen molar-refractivity contribution in [3.63, 3.8) is 0 Å². The highest BCUT2D eigenvalue weighted by Crippen LogP contribution is 2.20. The molecule has 1 N–H and O–H groups in total. The lowest BCUT2D eigenvalue weighted by Gasteiger charge is -2.17. The molecule has 3 nitrogen and oxygen atoms in total. The largest absolute Gasteiger partial charge is 0.310 e. The molecule has 0 saturated carbocycles. The van der Waals surface area contributed by atoms with Crippen LogP contribution in [-0.2, 0) is 13.0 Å². The third-order valence-corrected chi connectivity index (χ3v) is 3.84. The fraction of sp³-hybridized carbons (Fsp3) is 0.471. The second-order valence-electron chi connectivity index (χ2n) is 5.36. The van der Waals surface area contributed by atoms with Gasteiger partial charge < -0.3 is 5.32 Å². The Kier molecular flexibility index (Phi) is 4.96. The zero-order valence-corrected chi connectivity index (χ0v) is 13.0. The Hall–Kier alpha value is -1.61. The van der Waals surface area contributed by atoms with Gasteiger partial charge in [0.25, 0.3) is 0 Å². The predicted molar refractivity (Wildman–Crippen MR) is 83.9 cm³/mol. The zero-order valence-electron chi connectivity index (χ0n) is 13.0. The van der Waals surface area contributed by atoms with Gasteiger partial charge in [-0.25, -0.2) is 0 Å². The van der Waals surface area contributed by atoms with Gasteiger partial charge in [0.15, 0.2) is 0 Å². The molecule has 0 spiro atoms. The molecule has 0 saturated heterocycles. The van der Waals surface area contributed by atoms with Crippen molar-refractivity contribution in [2.75, 3.05) is 6.54 Å². The quantitative estimate of drug-likeness (QED) is 0.872. The summed E-state index contributed by atoms with van der Waals surface area (Å²) < 4.78 is 1.99. The van der Waals surface area contributed by atoms with E-state index in [4.69, 9.17) is 0 Å². The molecule has 1 aromatic heterocycles. The van der Waals surface area contributed by atoms with E-state index < -0.39 is 0 Å². The summed E-state index contributed by atoms with van der Waals surface area (Å²) in [6.07, 6.45) is 5.14. The summed E-state index contributed by atoms with van der Waals surface area (Å²) in [6, 6.07) is 7.08. The average Bonchev–Trinajstić information content (AvgIpc) is 2.91. The van der Waals surface area contributed by atoms with Crippen LogP contribution in [0.2, 0.25) is 0 Å². The number of benzene rings is 1. The molecule has 0 bridgehead atoms. The molecule has 0 aliphatic rings. The molecule has 2 aromatic rings. The van der Waals surface area contributed by atoms with Crippen LogP contribution in [0.1, 0.15) is 42.1 Å². The van der Waals surface area contributed by atoms with Crippen LogP contribution in [0, 0.1) is 13.8 Å². The average molecular weight is 271 g/mol. The van der Waals surface area contributed by atoms with Gasteiger partial charge in [-0.3, -0.25) is 4.68 Å². The Morgan fingerprint density at radius 1 is 1.20 bits per heavy atom. The highest BCUT2D eigenvalue weighted by molar-refractivity contribution is 5.31. The van der Waals surface area contributed by atoms with Crippen LogP contribution in [0.3, 0.4) is 0 Å². The Labute approximate surface area is 122 Å². The normalized spacial score (nSPS) is 12.6. The maximum absolute atomic E-state index is 4.39. The van der Waals surface area contributed by atoms with Crippen molar-refractivity contribution in [2.45, 2.75) is 46.7 Å². The molecule has 0 aliphatic carbocycles. The monoisotopic (exact) mass is 271 g/mol. The first-order valence-corrected chi connectivity index (χ1v) is 7.45. The van der Waals surface area contributed by atoms with E-state index in [1.54, 1.807) is 0 Å². The smallest absolute Gasteiger partial charge is 0.0537 e. The van der Waals surface area contributed by atoms with Crippen LogP contribution in [0.25, 0.3) is 0 Å². The topological polar surface area (TPSA) is 29.9 Å². The van der Waals surface area contributed by atoms with Crippen LogP contribution in [-0.4, -0.2) is 16.3 Å². The fourth-order valence-corrected chi connectivity index (χ4v) is 2.45. The zero-order chi connectivity index (χ0) is 14.5. The Bertz CT molecular complexity index is 557. The Morgan fingerprint density at radius 3 is 2.60 bits per heavy atom. The third kappa shape index (κ3) is 3.48. The molecule has 0 fully saturated rings. The van der Waals surface area contributed by atoms with Gasteiger partial charge in [-0.1, -0.05) is 25.1 Å². The summed E-state index contributed by atoms with van der Waals surface area (Å²) in [5.74, 6) is 0. The molecule has 0 aliphatic heterocycles. The van der Waals surface area contributed by atoms with Crippen molar-refractivity contribution in [2.24, 2.45) is 0 Å². The second kappa shape index (κ2) is 6.71. The third-order valence-electron chi connectivity index (χ3n) is 3.84. The Morgan fingerprint density at radius 2 is 2.00 bits per heavy atom. The highest BCUT2D eigenvalue weighted by atomic mass is 15.3. The van der Waals surface area contributed by atoms with E-state index >= 15 is 0 Å². The van der Waals surface area contributed by atoms with Gasteiger partial charge in [-0.15, -0.1) is 0 Å². The van der Waals surface area contributed by atoms with Gasteiger partial charge in [0.05, 0.1) is 6.20 Å². The molecule has 1 atom stereocenters. The lowest BCUT2D eigenvalue weighted by atomic mass is 9.98. The standard InChI is InChI=1S/C17H25N3/c1-5-18-17(16-11-19-20(6-2)12-16)10-15-8-7-13(3)14(4)9-15/h7-9,11-12,17-18H,5-6,10H2,1-4H3. The molecule has 0 radical (unpaired) electrons. The molecular formula is C17H25N3. The van der Waals surface area contributed by atoms with Crippen molar-refractivity contribution < 1.29 is 0 Å². The van der Waals surface area contributed by atoms with Crippen LogP contribution < -0.4 is 5.32 Å². The molecule has 20 heavy (non-hydrogen) atoms. The second-order valence-corrected chi connectivity index (χ2v) is 5.36. The number of likely N-dealkylation sites (N-methyl/N-ethyl adjacent to an activating group) is 1. The van der Waals surface area contributed by atoms with Crippen molar-refractivity contribution >= 4 is 0 Å². The van der Waals surface area contributed by atoms with Gasteiger partial charge in [0.2, 0.25) is 0 Å². The van der Waals surface area contributed by atoms with E-state index in [-0.39, 0.29) is 0 Å². The Balaban J connectivity index is 2.18. The SMILES string of the molecule is CCNC(Cc1ccc(C)c(C)c1)c1cnn(CC)c1. The van der Waals surface area contributed by atoms with E-state index in [0.717, 1.165) is 19.5 Å². The van der Waals surface area contributed by atoms with Gasteiger partial charge >= 0.3 is 0 Å². The van der Waals surface area contributed by atoms with E-state index in [1.165, 1.54) is 22.3 Å². The van der Waals surface area contributed by atoms with E-state index in [9.17, 15) is 0 Å². The summed E-state index contributed by atoms with van der Waals surface area (Å²) in [4.78, 5) is 0. The molecule has 1 aromatic carbocycles. The number of hydrogen-bond acceptors (Lipinski definition) is 2. The molecule has 3 heteroatoms. The minimum atomic E-state index is 0.336. The van der Waals surface area contributed by atoms with Gasteiger partial charge in [-0.05, 0) is 50.4 Å². The first kappa shape index (κ1) is 14.8. The lowest BCUT2D eigenvalue weighted by Crippen LogP contribution is -2.22. The van der Waals surface area contributed by atoms with E-state index in [1.807, 2.05) is 10.9 Å². The van der Waals surface area contributed by atoms with Gasteiger partial charge in [-0.2, -0.15) is 5.10 Å². The summed E-state index contributed by atoms with van der Waals surface area (Å²) in [5.41, 5.74) is 5.37. The van der Waals surface area contributed by atoms with Crippen LogP contribution >= 0.6 is 0 Å². The minimum absolute atomic E-state index is 0.336. The predicted octanol–water partition coefficient (Wildman–Crippen LogP) is 3.41. The summed E-state index contributed by atoms with van der Waals surface area (Å²) in [7, 11) is 0. The van der Waals surface area contributed by atoms with E-state index in [2.05, 4.69) is 62.5 Å². The van der Waals surface area contributed by atoms with Crippen LogP contribution in [0.5, 0.6) is 0 Å². The maximum Gasteiger partial charge on any atom is 0.0537 e. The van der Waals surface area contributed by atoms with Crippen molar-refractivity contribution in [3.05, 3.63) is 52.8 Å². The van der Waals surface area contributed by atoms with Gasteiger partial charge in [0, 0.05) is 24.3 Å². The molecule has 1 heterocycles. The number of rotatable bonds is 6. The number of aryl methyl sites for hydroxylation is 3. The van der Waals surface area contributed by atoms with Crippen molar-refractivity contribution in [1.29, 1.82) is 0 Å². The lowest BCUT2D eigenvalue weighted by molar-refractivity contribution is 0.548. The van der Waals surface area contributed by atoms with E-state index in [0.29, 0.717) is 6.04 Å².